The Morgan fingerprint density at radius 2 is 2.00 bits per heavy atom. The minimum Gasteiger partial charge on any atom is -0.435 e. The zero-order valence-corrected chi connectivity index (χ0v) is 11.7. The summed E-state index contributed by atoms with van der Waals surface area (Å²) in [6.07, 6.45) is -0.0289. The smallest absolute Gasteiger partial charge is 0.387 e. The summed E-state index contributed by atoms with van der Waals surface area (Å²) in [5, 5.41) is 2.73. The first-order chi connectivity index (χ1) is 9.38. The van der Waals surface area contributed by atoms with Crippen molar-refractivity contribution in [3.8, 4) is 5.75 Å². The molecule has 6 heteroatoms. The van der Waals surface area contributed by atoms with Gasteiger partial charge >= 0.3 is 6.61 Å². The Morgan fingerprint density at radius 1 is 1.30 bits per heavy atom. The van der Waals surface area contributed by atoms with Crippen molar-refractivity contribution in [2.75, 3.05) is 6.61 Å². The second kappa shape index (κ2) is 7.79. The number of carbonyl (C=O) groups excluding carboxylic acids is 1. The highest BCUT2D eigenvalue weighted by Crippen LogP contribution is 2.20. The van der Waals surface area contributed by atoms with Gasteiger partial charge in [-0.2, -0.15) is 8.78 Å². The lowest BCUT2D eigenvalue weighted by Crippen LogP contribution is -2.31. The topological polar surface area (TPSA) is 47.6 Å². The van der Waals surface area contributed by atoms with Gasteiger partial charge in [0.1, 0.15) is 12.4 Å². The van der Waals surface area contributed by atoms with Crippen molar-refractivity contribution in [1.29, 1.82) is 0 Å². The maximum absolute atomic E-state index is 12.1. The van der Waals surface area contributed by atoms with E-state index in [0.29, 0.717) is 5.56 Å². The molecular formula is C14H19F2NO3. The molecule has 0 aliphatic heterocycles. The Kier molecular flexibility index (Phi) is 6.38. The number of amides is 1. The van der Waals surface area contributed by atoms with Crippen molar-refractivity contribution in [3.63, 3.8) is 0 Å². The summed E-state index contributed by atoms with van der Waals surface area (Å²) in [4.78, 5) is 11.6. The van der Waals surface area contributed by atoms with Gasteiger partial charge in [-0.25, -0.2) is 0 Å². The summed E-state index contributed by atoms with van der Waals surface area (Å²) in [5.74, 6) is -0.191. The molecule has 0 fully saturated rings. The Labute approximate surface area is 117 Å². The lowest BCUT2D eigenvalue weighted by Gasteiger charge is -2.16. The summed E-state index contributed by atoms with van der Waals surface area (Å²) >= 11 is 0. The molecule has 1 amide bonds. The van der Waals surface area contributed by atoms with Gasteiger partial charge in [-0.1, -0.05) is 12.1 Å². The average molecular weight is 287 g/mol. The fourth-order valence-corrected chi connectivity index (χ4v) is 1.57. The quantitative estimate of drug-likeness (QED) is 0.839. The third-order valence-electron chi connectivity index (χ3n) is 2.51. The zero-order chi connectivity index (χ0) is 15.1. The Hall–Kier alpha value is -1.69. The van der Waals surface area contributed by atoms with Gasteiger partial charge in [0.15, 0.2) is 0 Å². The first-order valence-electron chi connectivity index (χ1n) is 6.34. The predicted molar refractivity (Wildman–Crippen MR) is 70.7 cm³/mol. The van der Waals surface area contributed by atoms with E-state index in [4.69, 9.17) is 4.74 Å². The molecule has 20 heavy (non-hydrogen) atoms. The molecule has 0 radical (unpaired) electrons. The minimum atomic E-state index is -2.87. The Bertz CT molecular complexity index is 438. The van der Waals surface area contributed by atoms with Crippen LogP contribution in [0.2, 0.25) is 0 Å². The molecular weight excluding hydrogens is 268 g/mol. The maximum atomic E-state index is 12.1. The molecule has 1 aromatic carbocycles. The van der Waals surface area contributed by atoms with Crippen molar-refractivity contribution in [2.24, 2.45) is 0 Å². The second-order valence-corrected chi connectivity index (χ2v) is 4.60. The number of hydrogen-bond donors (Lipinski definition) is 1. The Balaban J connectivity index is 2.58. The van der Waals surface area contributed by atoms with Gasteiger partial charge < -0.3 is 14.8 Å². The van der Waals surface area contributed by atoms with Crippen molar-refractivity contribution in [2.45, 2.75) is 39.5 Å². The lowest BCUT2D eigenvalue weighted by molar-refractivity contribution is -0.127. The number of halogens is 2. The summed E-state index contributed by atoms with van der Waals surface area (Å²) < 4.78 is 33.8. The lowest BCUT2D eigenvalue weighted by atomic mass is 10.1. The van der Waals surface area contributed by atoms with Crippen molar-refractivity contribution in [1.82, 2.24) is 5.32 Å². The van der Waals surface area contributed by atoms with E-state index in [1.807, 2.05) is 13.8 Å². The molecule has 4 nitrogen and oxygen atoms in total. The minimum absolute atomic E-state index is 0.0289. The van der Waals surface area contributed by atoms with E-state index < -0.39 is 6.61 Å². The number of ether oxygens (including phenoxy) is 2. The number of hydrogen-bond acceptors (Lipinski definition) is 3. The number of benzene rings is 1. The monoisotopic (exact) mass is 287 g/mol. The largest absolute Gasteiger partial charge is 0.435 e. The fraction of sp³-hybridized carbons (Fsp3) is 0.500. The van der Waals surface area contributed by atoms with Gasteiger partial charge in [-0.15, -0.1) is 0 Å². The average Bonchev–Trinajstić information content (AvgIpc) is 2.36. The van der Waals surface area contributed by atoms with Gasteiger partial charge in [0, 0.05) is 0 Å². The molecule has 1 rings (SSSR count). The van der Waals surface area contributed by atoms with Gasteiger partial charge in [-0.3, -0.25) is 4.79 Å². The molecule has 0 bridgehead atoms. The van der Waals surface area contributed by atoms with Crippen LogP contribution in [0.5, 0.6) is 5.75 Å². The molecule has 1 aromatic rings. The fourth-order valence-electron chi connectivity index (χ4n) is 1.57. The van der Waals surface area contributed by atoms with E-state index in [-0.39, 0.29) is 30.4 Å². The first kappa shape index (κ1) is 16.4. The SMILES string of the molecule is CC(C)OCC(=O)NC(C)c1cccc(OC(F)F)c1. The van der Waals surface area contributed by atoms with E-state index in [1.165, 1.54) is 12.1 Å². The van der Waals surface area contributed by atoms with Crippen LogP contribution in [0.4, 0.5) is 8.78 Å². The highest BCUT2D eigenvalue weighted by molar-refractivity contribution is 5.77. The van der Waals surface area contributed by atoms with Crippen LogP contribution < -0.4 is 10.1 Å². The molecule has 0 heterocycles. The van der Waals surface area contributed by atoms with Crippen molar-refractivity contribution >= 4 is 5.91 Å². The summed E-state index contributed by atoms with van der Waals surface area (Å²) in [5.41, 5.74) is 0.682. The van der Waals surface area contributed by atoms with Crippen LogP contribution in [-0.2, 0) is 9.53 Å². The number of alkyl halides is 2. The summed E-state index contributed by atoms with van der Waals surface area (Å²) in [7, 11) is 0. The molecule has 0 saturated carbocycles. The van der Waals surface area contributed by atoms with E-state index in [0.717, 1.165) is 0 Å². The van der Waals surface area contributed by atoms with Crippen LogP contribution >= 0.6 is 0 Å². The van der Waals surface area contributed by atoms with Crippen LogP contribution in [-0.4, -0.2) is 25.2 Å². The molecule has 0 aliphatic carbocycles. The van der Waals surface area contributed by atoms with Gasteiger partial charge in [0.2, 0.25) is 5.91 Å². The Morgan fingerprint density at radius 3 is 2.60 bits per heavy atom. The highest BCUT2D eigenvalue weighted by Gasteiger charge is 2.12. The molecule has 1 unspecified atom stereocenters. The molecule has 0 spiro atoms. The number of nitrogens with one attached hydrogen (secondary N) is 1. The molecule has 112 valence electrons. The molecule has 0 aliphatic rings. The molecule has 1 atom stereocenters. The van der Waals surface area contributed by atoms with Crippen LogP contribution in [0.15, 0.2) is 24.3 Å². The van der Waals surface area contributed by atoms with Gasteiger partial charge in [-0.05, 0) is 38.5 Å². The predicted octanol–water partition coefficient (Wildman–Crippen LogP) is 2.89. The second-order valence-electron chi connectivity index (χ2n) is 4.60. The van der Waals surface area contributed by atoms with Crippen molar-refractivity contribution in [3.05, 3.63) is 29.8 Å². The summed E-state index contributed by atoms with van der Waals surface area (Å²) in [6.45, 7) is 2.53. The highest BCUT2D eigenvalue weighted by atomic mass is 19.3. The number of carbonyl (C=O) groups is 1. The standard InChI is InChI=1S/C14H19F2NO3/c1-9(2)19-8-13(18)17-10(3)11-5-4-6-12(7-11)20-14(15)16/h4-7,9-10,14H,8H2,1-3H3,(H,17,18). The molecule has 1 N–H and O–H groups in total. The van der Waals surface area contributed by atoms with Crippen molar-refractivity contribution < 1.29 is 23.0 Å². The van der Waals surface area contributed by atoms with Gasteiger partial charge in [0.05, 0.1) is 12.1 Å². The zero-order valence-electron chi connectivity index (χ0n) is 11.7. The third-order valence-corrected chi connectivity index (χ3v) is 2.51. The number of rotatable bonds is 7. The van der Waals surface area contributed by atoms with E-state index in [9.17, 15) is 13.6 Å². The van der Waals surface area contributed by atoms with Crippen LogP contribution in [0, 0.1) is 0 Å². The third kappa shape index (κ3) is 5.97. The van der Waals surface area contributed by atoms with E-state index in [2.05, 4.69) is 10.1 Å². The molecule has 0 aromatic heterocycles. The summed E-state index contributed by atoms with van der Waals surface area (Å²) in [6, 6.07) is 5.92. The maximum Gasteiger partial charge on any atom is 0.387 e. The molecule has 0 saturated heterocycles. The normalized spacial score (nSPS) is 12.6. The van der Waals surface area contributed by atoms with Crippen LogP contribution in [0.3, 0.4) is 0 Å². The van der Waals surface area contributed by atoms with E-state index >= 15 is 0 Å². The first-order valence-corrected chi connectivity index (χ1v) is 6.34. The van der Waals surface area contributed by atoms with Crippen LogP contribution in [0.1, 0.15) is 32.4 Å². The van der Waals surface area contributed by atoms with E-state index in [1.54, 1.807) is 19.1 Å². The van der Waals surface area contributed by atoms with Crippen LogP contribution in [0.25, 0.3) is 0 Å². The van der Waals surface area contributed by atoms with Gasteiger partial charge in [0.25, 0.3) is 0 Å².